The van der Waals surface area contributed by atoms with Crippen LogP contribution in [0.25, 0.3) is 0 Å². The van der Waals surface area contributed by atoms with Crippen molar-refractivity contribution in [3.63, 3.8) is 0 Å². The number of rotatable bonds is 1. The number of anilines is 3. The van der Waals surface area contributed by atoms with Gasteiger partial charge in [-0.25, -0.2) is 0 Å². The van der Waals surface area contributed by atoms with E-state index in [2.05, 4.69) is 144 Å². The third-order valence-electron chi connectivity index (χ3n) is 11.3. The zero-order valence-electron chi connectivity index (χ0n) is 29.5. The Bertz CT molecular complexity index is 2530. The first-order valence-corrected chi connectivity index (χ1v) is 17.9. The summed E-state index contributed by atoms with van der Waals surface area (Å²) in [6.45, 7) is 13.2. The summed E-state index contributed by atoms with van der Waals surface area (Å²) in [5.41, 5.74) is 12.0. The number of hydrogen-bond donors (Lipinski definition) is 0. The van der Waals surface area contributed by atoms with Crippen molar-refractivity contribution >= 4 is 63.3 Å². The molecule has 5 aliphatic heterocycles. The molecule has 7 heteroatoms. The van der Waals surface area contributed by atoms with Gasteiger partial charge in [-0.1, -0.05) is 77.9 Å². The van der Waals surface area contributed by atoms with E-state index in [1.54, 1.807) is 0 Å². The van der Waals surface area contributed by atoms with Gasteiger partial charge in [-0.2, -0.15) is 0 Å². The van der Waals surface area contributed by atoms with E-state index in [-0.39, 0.29) is 24.3 Å². The Hall–Kier alpha value is -5.55. The summed E-state index contributed by atoms with van der Waals surface area (Å²) in [6.07, 6.45) is 0. The molecule has 246 valence electrons. The highest BCUT2D eigenvalue weighted by Crippen LogP contribution is 2.47. The lowest BCUT2D eigenvalue weighted by atomic mass is 9.31. The summed E-state index contributed by atoms with van der Waals surface area (Å²) in [5, 5.41) is 0. The quantitative estimate of drug-likeness (QED) is 0.170. The third-order valence-corrected chi connectivity index (χ3v) is 11.3. The lowest BCUT2D eigenvalue weighted by molar-refractivity contribution is 0.446. The minimum atomic E-state index is -0.142. The molecule has 0 fully saturated rings. The van der Waals surface area contributed by atoms with Gasteiger partial charge in [-0.05, 0) is 104 Å². The molecule has 0 saturated heterocycles. The van der Waals surface area contributed by atoms with E-state index in [0.717, 1.165) is 101 Å². The van der Waals surface area contributed by atoms with E-state index < -0.39 is 0 Å². The molecule has 0 atom stereocenters. The molecule has 0 saturated carbocycles. The average Bonchev–Trinajstić information content (AvgIpc) is 3.10. The normalized spacial score (nSPS) is 15.0. The zero-order chi connectivity index (χ0) is 34.6. The summed E-state index contributed by atoms with van der Waals surface area (Å²) in [5.74, 6) is 6.56. The number of hydrogen-bond acceptors (Lipinski definition) is 5. The first kappa shape index (κ1) is 29.2. The molecule has 0 unspecified atom stereocenters. The molecular formula is C44H35B2NO4. The molecule has 0 aromatic heterocycles. The second-order valence-electron chi connectivity index (χ2n) is 16.5. The van der Waals surface area contributed by atoms with E-state index in [1.807, 2.05) is 6.07 Å². The molecule has 0 N–H and O–H groups in total. The largest absolute Gasteiger partial charge is 0.458 e. The Balaban J connectivity index is 1.25. The fourth-order valence-electron chi connectivity index (χ4n) is 8.78. The Kier molecular flexibility index (Phi) is 5.50. The molecule has 5 nitrogen and oxygen atoms in total. The summed E-state index contributed by atoms with van der Waals surface area (Å²) in [6, 6.07) is 36.8. The van der Waals surface area contributed by atoms with Gasteiger partial charge in [0.05, 0.1) is 0 Å². The molecule has 6 aromatic rings. The molecule has 51 heavy (non-hydrogen) atoms. The van der Waals surface area contributed by atoms with Crippen LogP contribution in [0.3, 0.4) is 0 Å². The molecule has 0 aliphatic carbocycles. The van der Waals surface area contributed by atoms with Crippen molar-refractivity contribution in [2.45, 2.75) is 52.4 Å². The van der Waals surface area contributed by atoms with Crippen LogP contribution in [0.4, 0.5) is 17.1 Å². The molecule has 6 aromatic carbocycles. The van der Waals surface area contributed by atoms with Crippen molar-refractivity contribution in [2.75, 3.05) is 4.90 Å². The van der Waals surface area contributed by atoms with Crippen LogP contribution < -0.4 is 56.6 Å². The van der Waals surface area contributed by atoms with Gasteiger partial charge >= 0.3 is 0 Å². The van der Waals surface area contributed by atoms with Gasteiger partial charge in [0.1, 0.15) is 46.0 Å². The fraction of sp³-hybridized carbons (Fsp3) is 0.182. The van der Waals surface area contributed by atoms with Gasteiger partial charge in [0.2, 0.25) is 0 Å². The van der Waals surface area contributed by atoms with Gasteiger partial charge in [0.25, 0.3) is 13.4 Å². The van der Waals surface area contributed by atoms with Crippen molar-refractivity contribution in [1.29, 1.82) is 0 Å². The summed E-state index contributed by atoms with van der Waals surface area (Å²) in [7, 11) is 0. The lowest BCUT2D eigenvalue weighted by Gasteiger charge is -2.43. The summed E-state index contributed by atoms with van der Waals surface area (Å²) in [4.78, 5) is 2.39. The number of ether oxygens (including phenoxy) is 4. The monoisotopic (exact) mass is 663 g/mol. The summed E-state index contributed by atoms with van der Waals surface area (Å²) >= 11 is 0. The van der Waals surface area contributed by atoms with E-state index >= 15 is 0 Å². The van der Waals surface area contributed by atoms with Gasteiger partial charge in [0, 0.05) is 34.1 Å². The lowest BCUT2D eigenvalue weighted by Crippen LogP contribution is -2.63. The highest BCUT2D eigenvalue weighted by atomic mass is 16.5. The Morgan fingerprint density at radius 2 is 0.882 bits per heavy atom. The fourth-order valence-corrected chi connectivity index (χ4v) is 8.78. The predicted molar refractivity (Wildman–Crippen MR) is 207 cm³/mol. The molecule has 5 heterocycles. The SMILES string of the molecule is CC(C)(C)c1cc2c3c(c1)Oc1cccc4c1B3c1cc3c(cc1O2)Oc1cc(C(C)(C)C)cc2c1B3c1c(cccc1N2c1ccccc1)O4. The van der Waals surface area contributed by atoms with Crippen LogP contribution in [0, 0.1) is 0 Å². The van der Waals surface area contributed by atoms with Crippen molar-refractivity contribution in [2.24, 2.45) is 0 Å². The third kappa shape index (κ3) is 3.95. The van der Waals surface area contributed by atoms with Crippen LogP contribution in [0.15, 0.2) is 103 Å². The zero-order valence-corrected chi connectivity index (χ0v) is 29.5. The van der Waals surface area contributed by atoms with Crippen LogP contribution in [-0.2, 0) is 10.8 Å². The standard InChI is InChI=1S/C44H35B2NO4/c1-43(2,3)24-18-30-40-36(19-24)50-34-23-35-28-22-27(34)45(40)39-29(47(30)26-12-8-7-9-13-26)14-10-15-31(39)48-32-16-11-17-33-41(32)46(28)42-37(49-33)20-25(44(4,5)6)21-38(42)51-35/h7-23H,1-6H3. The minimum Gasteiger partial charge on any atom is -0.458 e. The second-order valence-corrected chi connectivity index (χ2v) is 16.5. The summed E-state index contributed by atoms with van der Waals surface area (Å²) < 4.78 is 27.9. The van der Waals surface area contributed by atoms with Crippen LogP contribution in [0.1, 0.15) is 52.7 Å². The topological polar surface area (TPSA) is 40.2 Å². The average molecular weight is 663 g/mol. The van der Waals surface area contributed by atoms with Crippen molar-refractivity contribution in [1.82, 2.24) is 0 Å². The smallest absolute Gasteiger partial charge is 0.265 e. The molecule has 0 radical (unpaired) electrons. The maximum Gasteiger partial charge on any atom is 0.265 e. The Labute approximate surface area is 298 Å². The molecule has 0 spiro atoms. The molecular weight excluding hydrogens is 628 g/mol. The number of para-hydroxylation sites is 1. The molecule has 5 aliphatic rings. The van der Waals surface area contributed by atoms with Gasteiger partial charge < -0.3 is 23.8 Å². The van der Waals surface area contributed by atoms with Gasteiger partial charge in [-0.15, -0.1) is 0 Å². The maximum atomic E-state index is 7.20. The minimum absolute atomic E-state index is 0.0960. The van der Waals surface area contributed by atoms with E-state index in [0.29, 0.717) is 0 Å². The first-order chi connectivity index (χ1) is 24.5. The molecule has 11 rings (SSSR count). The highest BCUT2D eigenvalue weighted by Gasteiger charge is 2.49. The van der Waals surface area contributed by atoms with Gasteiger partial charge in [0.15, 0.2) is 0 Å². The second kappa shape index (κ2) is 9.61. The predicted octanol–water partition coefficient (Wildman–Crippen LogP) is 7.52. The number of benzene rings is 6. The van der Waals surface area contributed by atoms with Crippen LogP contribution >= 0.6 is 0 Å². The molecule has 0 amide bonds. The van der Waals surface area contributed by atoms with E-state index in [1.165, 1.54) is 5.56 Å². The van der Waals surface area contributed by atoms with Crippen molar-refractivity contribution in [3.8, 4) is 46.0 Å². The van der Waals surface area contributed by atoms with Crippen LogP contribution in [-0.4, -0.2) is 13.4 Å². The van der Waals surface area contributed by atoms with Gasteiger partial charge in [-0.3, -0.25) is 0 Å². The maximum absolute atomic E-state index is 7.20. The Morgan fingerprint density at radius 1 is 0.412 bits per heavy atom. The number of nitrogens with zero attached hydrogens (tertiary/aromatic N) is 1. The molecule has 2 bridgehead atoms. The van der Waals surface area contributed by atoms with Crippen LogP contribution in [0.2, 0.25) is 0 Å². The van der Waals surface area contributed by atoms with Crippen molar-refractivity contribution in [3.05, 3.63) is 114 Å². The van der Waals surface area contributed by atoms with E-state index in [9.17, 15) is 0 Å². The highest BCUT2D eigenvalue weighted by molar-refractivity contribution is 7.02. The van der Waals surface area contributed by atoms with E-state index in [4.69, 9.17) is 18.9 Å². The van der Waals surface area contributed by atoms with Crippen LogP contribution in [0.5, 0.6) is 46.0 Å². The van der Waals surface area contributed by atoms with Crippen molar-refractivity contribution < 1.29 is 18.9 Å². The Morgan fingerprint density at radius 3 is 1.51 bits per heavy atom. The first-order valence-electron chi connectivity index (χ1n) is 17.9.